The molecule has 1 aromatic heterocycles. The van der Waals surface area contributed by atoms with Gasteiger partial charge >= 0.3 is 0 Å². The summed E-state index contributed by atoms with van der Waals surface area (Å²) >= 11 is 0. The quantitative estimate of drug-likeness (QED) is 0.906. The van der Waals surface area contributed by atoms with Gasteiger partial charge in [0.2, 0.25) is 6.79 Å². The van der Waals surface area contributed by atoms with E-state index in [2.05, 4.69) is 22.1 Å². The number of amides is 1. The monoisotopic (exact) mass is 352 g/mol. The van der Waals surface area contributed by atoms with Crippen molar-refractivity contribution in [2.45, 2.75) is 32.2 Å². The van der Waals surface area contributed by atoms with Gasteiger partial charge in [-0.25, -0.2) is 9.97 Å². The number of carbonyl (C=O) groups excluding carboxylic acids is 1. The Morgan fingerprint density at radius 3 is 2.96 bits per heavy atom. The number of ether oxygens (including phenoxy) is 2. The van der Waals surface area contributed by atoms with E-state index in [9.17, 15) is 4.79 Å². The summed E-state index contributed by atoms with van der Waals surface area (Å²) in [5.41, 5.74) is 2.54. The predicted octanol–water partition coefficient (Wildman–Crippen LogP) is 1.68. The number of nitrogens with zero attached hydrogens (tertiary/aromatic N) is 3. The van der Waals surface area contributed by atoms with Crippen molar-refractivity contribution >= 4 is 11.7 Å². The molecule has 3 aliphatic heterocycles. The molecular weight excluding hydrogens is 332 g/mol. The molecule has 26 heavy (non-hydrogen) atoms. The zero-order valence-corrected chi connectivity index (χ0v) is 14.6. The molecule has 3 aliphatic rings. The van der Waals surface area contributed by atoms with Crippen LogP contribution in [0.5, 0.6) is 11.5 Å². The van der Waals surface area contributed by atoms with Gasteiger partial charge in [0, 0.05) is 31.1 Å². The van der Waals surface area contributed by atoms with E-state index in [-0.39, 0.29) is 12.7 Å². The Hall–Kier alpha value is -2.83. The molecule has 4 heterocycles. The van der Waals surface area contributed by atoms with Gasteiger partial charge in [0.25, 0.3) is 5.91 Å². The summed E-state index contributed by atoms with van der Waals surface area (Å²) in [6, 6.07) is 6.30. The van der Waals surface area contributed by atoms with Crippen molar-refractivity contribution < 1.29 is 14.3 Å². The number of fused-ring (bicyclic) bond motifs is 2. The first-order valence-electron chi connectivity index (χ1n) is 9.02. The Bertz CT molecular complexity index is 899. The fraction of sp³-hybridized carbons (Fsp3) is 0.421. The van der Waals surface area contributed by atoms with E-state index in [1.807, 2.05) is 18.2 Å². The number of hydrogen-bond acceptors (Lipinski definition) is 6. The van der Waals surface area contributed by atoms with Crippen LogP contribution in [-0.2, 0) is 12.8 Å². The fourth-order valence-corrected chi connectivity index (χ4v) is 3.70. The number of benzene rings is 1. The van der Waals surface area contributed by atoms with Gasteiger partial charge in [-0.3, -0.25) is 4.79 Å². The van der Waals surface area contributed by atoms with Crippen LogP contribution in [0.2, 0.25) is 0 Å². The Balaban J connectivity index is 1.53. The van der Waals surface area contributed by atoms with E-state index in [4.69, 9.17) is 14.5 Å². The highest BCUT2D eigenvalue weighted by atomic mass is 16.7. The van der Waals surface area contributed by atoms with Gasteiger partial charge in [-0.2, -0.15) is 0 Å². The van der Waals surface area contributed by atoms with Crippen LogP contribution >= 0.6 is 0 Å². The molecule has 134 valence electrons. The normalized spacial score (nSPS) is 20.4. The van der Waals surface area contributed by atoms with Crippen molar-refractivity contribution in [3.63, 3.8) is 0 Å². The second-order valence-electron chi connectivity index (χ2n) is 6.99. The molecule has 1 unspecified atom stereocenters. The molecule has 1 fully saturated rings. The first-order chi connectivity index (χ1) is 12.7. The lowest BCUT2D eigenvalue weighted by Gasteiger charge is -2.41. The maximum atomic E-state index is 12.3. The van der Waals surface area contributed by atoms with Crippen LogP contribution < -0.4 is 19.7 Å². The third kappa shape index (κ3) is 2.46. The second kappa shape index (κ2) is 5.86. The third-order valence-electron chi connectivity index (χ3n) is 5.30. The van der Waals surface area contributed by atoms with Crippen molar-refractivity contribution in [1.82, 2.24) is 15.3 Å². The molecule has 0 aliphatic carbocycles. The Labute approximate surface area is 151 Å². The van der Waals surface area contributed by atoms with Crippen molar-refractivity contribution in [3.05, 3.63) is 40.8 Å². The van der Waals surface area contributed by atoms with Crippen molar-refractivity contribution in [2.75, 3.05) is 24.8 Å². The van der Waals surface area contributed by atoms with E-state index < -0.39 is 0 Å². The smallest absolute Gasteiger partial charge is 0.270 e. The molecule has 7 heteroatoms. The summed E-state index contributed by atoms with van der Waals surface area (Å²) in [6.07, 6.45) is 2.48. The highest BCUT2D eigenvalue weighted by Gasteiger charge is 2.32. The molecule has 0 spiro atoms. The highest BCUT2D eigenvalue weighted by molar-refractivity contribution is 5.96. The van der Waals surface area contributed by atoms with Gasteiger partial charge in [-0.05, 0) is 37.5 Å². The first kappa shape index (κ1) is 15.4. The van der Waals surface area contributed by atoms with Gasteiger partial charge in [0.15, 0.2) is 11.5 Å². The van der Waals surface area contributed by atoms with Crippen LogP contribution in [0.25, 0.3) is 0 Å². The minimum Gasteiger partial charge on any atom is -0.454 e. The molecule has 0 saturated carbocycles. The Morgan fingerprint density at radius 2 is 2.15 bits per heavy atom. The maximum absolute atomic E-state index is 12.3. The summed E-state index contributed by atoms with van der Waals surface area (Å²) in [7, 11) is 0. The average molecular weight is 352 g/mol. The minimum absolute atomic E-state index is 0.102. The molecule has 1 N–H and O–H groups in total. The number of hydrogen-bond donors (Lipinski definition) is 1. The lowest BCUT2D eigenvalue weighted by molar-refractivity contribution is 0.0940. The zero-order valence-electron chi connectivity index (χ0n) is 14.6. The molecule has 1 atom stereocenters. The molecule has 2 aromatic rings. The van der Waals surface area contributed by atoms with Gasteiger partial charge in [0.1, 0.15) is 17.3 Å². The van der Waals surface area contributed by atoms with Gasteiger partial charge < -0.3 is 19.7 Å². The predicted molar refractivity (Wildman–Crippen MR) is 94.9 cm³/mol. The summed E-state index contributed by atoms with van der Waals surface area (Å²) in [5.74, 6) is 2.99. The number of nitrogens with one attached hydrogen (secondary N) is 1. The second-order valence-corrected chi connectivity index (χ2v) is 6.99. The zero-order chi connectivity index (χ0) is 17.7. The van der Waals surface area contributed by atoms with Gasteiger partial charge in [-0.1, -0.05) is 6.07 Å². The maximum Gasteiger partial charge on any atom is 0.270 e. The highest BCUT2D eigenvalue weighted by Crippen LogP contribution is 2.34. The number of carbonyl (C=O) groups is 1. The van der Waals surface area contributed by atoms with E-state index in [1.54, 1.807) is 0 Å². The lowest BCUT2D eigenvalue weighted by Crippen LogP contribution is -2.48. The third-order valence-corrected chi connectivity index (χ3v) is 5.30. The summed E-state index contributed by atoms with van der Waals surface area (Å²) in [6.45, 7) is 4.07. The van der Waals surface area contributed by atoms with Crippen molar-refractivity contribution in [2.24, 2.45) is 0 Å². The summed E-state index contributed by atoms with van der Waals surface area (Å²) in [4.78, 5) is 24.1. The summed E-state index contributed by atoms with van der Waals surface area (Å²) < 4.78 is 10.8. The topological polar surface area (TPSA) is 76.6 Å². The lowest BCUT2D eigenvalue weighted by atomic mass is 10.00. The van der Waals surface area contributed by atoms with Crippen LogP contribution in [0.15, 0.2) is 18.2 Å². The van der Waals surface area contributed by atoms with Crippen LogP contribution in [-0.4, -0.2) is 41.8 Å². The van der Waals surface area contributed by atoms with Gasteiger partial charge in [0.05, 0.1) is 0 Å². The Kier molecular flexibility index (Phi) is 3.48. The molecule has 5 rings (SSSR count). The minimum atomic E-state index is -0.102. The molecule has 0 radical (unpaired) electrons. The molecule has 1 amide bonds. The van der Waals surface area contributed by atoms with Crippen LogP contribution in [0, 0.1) is 0 Å². The van der Waals surface area contributed by atoms with Crippen LogP contribution in [0.3, 0.4) is 0 Å². The number of aromatic nitrogens is 2. The largest absolute Gasteiger partial charge is 0.454 e. The first-order valence-corrected chi connectivity index (χ1v) is 9.02. The molecule has 1 saturated heterocycles. The standard InChI is InChI=1S/C19H20N4O3/c1-11-5-7-23(11)18-13-4-6-20-19(24)17(13)21-16(22-18)9-12-2-3-14-15(8-12)26-10-25-14/h2-3,8,11H,4-7,9-10H2,1H3,(H,20,24). The van der Waals surface area contributed by atoms with E-state index in [0.29, 0.717) is 30.5 Å². The van der Waals surface area contributed by atoms with Crippen molar-refractivity contribution in [3.8, 4) is 11.5 Å². The summed E-state index contributed by atoms with van der Waals surface area (Å²) in [5, 5.41) is 2.89. The molecule has 7 nitrogen and oxygen atoms in total. The van der Waals surface area contributed by atoms with Crippen molar-refractivity contribution in [1.29, 1.82) is 0 Å². The Morgan fingerprint density at radius 1 is 1.27 bits per heavy atom. The number of rotatable bonds is 3. The SMILES string of the molecule is CC1CCN1c1nc(Cc2ccc3c(c2)OCO3)nc2c1CCNC2=O. The average Bonchev–Trinajstić information content (AvgIpc) is 3.09. The fourth-order valence-electron chi connectivity index (χ4n) is 3.70. The number of anilines is 1. The van der Waals surface area contributed by atoms with Crippen LogP contribution in [0.1, 0.15) is 40.8 Å². The molecular formula is C19H20N4O3. The molecule has 1 aromatic carbocycles. The van der Waals surface area contributed by atoms with Gasteiger partial charge in [-0.15, -0.1) is 0 Å². The molecule has 0 bridgehead atoms. The van der Waals surface area contributed by atoms with Crippen LogP contribution in [0.4, 0.5) is 5.82 Å². The van der Waals surface area contributed by atoms with E-state index >= 15 is 0 Å². The van der Waals surface area contributed by atoms with E-state index in [0.717, 1.165) is 47.8 Å². The van der Waals surface area contributed by atoms with E-state index in [1.165, 1.54) is 0 Å².